The maximum absolute atomic E-state index is 11.2. The Bertz CT molecular complexity index is 367. The second kappa shape index (κ2) is 2.99. The van der Waals surface area contributed by atoms with E-state index in [1.807, 2.05) is 0 Å². The van der Waals surface area contributed by atoms with Crippen LogP contribution in [0, 0.1) is 0 Å². The molecule has 1 aromatic heterocycles. The molecule has 0 fully saturated rings. The molecule has 2 rings (SSSR count). The first-order valence-electron chi connectivity index (χ1n) is 3.74. The maximum Gasteiger partial charge on any atom is 0.265 e. The first-order chi connectivity index (χ1) is 6.20. The van der Waals surface area contributed by atoms with Gasteiger partial charge >= 0.3 is 0 Å². The van der Waals surface area contributed by atoms with Crippen LogP contribution in [0.4, 0.5) is 5.82 Å². The molecule has 68 valence electrons. The molecule has 0 saturated heterocycles. The molecule has 0 unspecified atom stereocenters. The van der Waals surface area contributed by atoms with E-state index in [4.69, 9.17) is 4.74 Å². The van der Waals surface area contributed by atoms with Gasteiger partial charge in [-0.15, -0.1) is 0 Å². The largest absolute Gasteiger partial charge is 0.479 e. The molecule has 0 aromatic carbocycles. The van der Waals surface area contributed by atoms with Crippen molar-refractivity contribution >= 4 is 27.7 Å². The summed E-state index contributed by atoms with van der Waals surface area (Å²) in [7, 11) is 1.68. The molecular formula is C8H7BrN2O2. The smallest absolute Gasteiger partial charge is 0.265 e. The van der Waals surface area contributed by atoms with Crippen molar-refractivity contribution in [1.29, 1.82) is 0 Å². The van der Waals surface area contributed by atoms with Crippen LogP contribution in [0.3, 0.4) is 0 Å². The van der Waals surface area contributed by atoms with Crippen LogP contribution in [0.25, 0.3) is 0 Å². The second-order valence-electron chi connectivity index (χ2n) is 2.69. The van der Waals surface area contributed by atoms with Gasteiger partial charge in [0.25, 0.3) is 5.91 Å². The highest BCUT2D eigenvalue weighted by atomic mass is 79.9. The highest BCUT2D eigenvalue weighted by Gasteiger charge is 2.24. The van der Waals surface area contributed by atoms with Gasteiger partial charge in [0.1, 0.15) is 0 Å². The predicted octanol–water partition coefficient (Wildman–Crippen LogP) is 1.20. The molecule has 0 aliphatic carbocycles. The Morgan fingerprint density at radius 1 is 1.69 bits per heavy atom. The molecule has 1 aromatic rings. The van der Waals surface area contributed by atoms with Crippen molar-refractivity contribution < 1.29 is 9.53 Å². The third-order valence-corrected chi connectivity index (χ3v) is 2.49. The third kappa shape index (κ3) is 1.29. The van der Waals surface area contributed by atoms with Crippen molar-refractivity contribution in [3.63, 3.8) is 0 Å². The SMILES string of the molecule is CN1C(=O)COc2c(Br)ccnc21. The molecule has 0 spiro atoms. The van der Waals surface area contributed by atoms with E-state index in [1.165, 1.54) is 4.90 Å². The number of ether oxygens (including phenoxy) is 1. The summed E-state index contributed by atoms with van der Waals surface area (Å²) in [6.45, 7) is 0.0772. The Morgan fingerprint density at radius 3 is 3.23 bits per heavy atom. The summed E-state index contributed by atoms with van der Waals surface area (Å²) in [6, 6.07) is 1.78. The third-order valence-electron chi connectivity index (χ3n) is 1.87. The Balaban J connectivity index is 2.55. The predicted molar refractivity (Wildman–Crippen MR) is 50.8 cm³/mol. The van der Waals surface area contributed by atoms with Crippen molar-refractivity contribution in [1.82, 2.24) is 4.98 Å². The van der Waals surface area contributed by atoms with Crippen LogP contribution in [0.1, 0.15) is 0 Å². The maximum atomic E-state index is 11.2. The summed E-state index contributed by atoms with van der Waals surface area (Å²) >= 11 is 3.33. The van der Waals surface area contributed by atoms with E-state index in [2.05, 4.69) is 20.9 Å². The number of amides is 1. The molecule has 0 N–H and O–H groups in total. The molecule has 13 heavy (non-hydrogen) atoms. The van der Waals surface area contributed by atoms with E-state index in [-0.39, 0.29) is 12.5 Å². The summed E-state index contributed by atoms with van der Waals surface area (Å²) in [5, 5.41) is 0. The highest BCUT2D eigenvalue weighted by Crippen LogP contribution is 2.35. The number of rotatable bonds is 0. The number of fused-ring (bicyclic) bond motifs is 1. The molecule has 2 heterocycles. The number of pyridine rings is 1. The van der Waals surface area contributed by atoms with Crippen LogP contribution in [-0.2, 0) is 4.79 Å². The van der Waals surface area contributed by atoms with Crippen molar-refractivity contribution in [2.75, 3.05) is 18.6 Å². The fraction of sp³-hybridized carbons (Fsp3) is 0.250. The van der Waals surface area contributed by atoms with E-state index < -0.39 is 0 Å². The minimum absolute atomic E-state index is 0.0772. The van der Waals surface area contributed by atoms with E-state index in [9.17, 15) is 4.79 Å². The average molecular weight is 243 g/mol. The van der Waals surface area contributed by atoms with Gasteiger partial charge in [-0.25, -0.2) is 4.98 Å². The quantitative estimate of drug-likeness (QED) is 0.687. The van der Waals surface area contributed by atoms with Crippen LogP contribution >= 0.6 is 15.9 Å². The number of anilines is 1. The molecule has 0 radical (unpaired) electrons. The standard InChI is InChI=1S/C8H7BrN2O2/c1-11-6(12)4-13-7-5(9)2-3-10-8(7)11/h2-3H,4H2,1H3. The van der Waals surface area contributed by atoms with Gasteiger partial charge in [0.05, 0.1) is 4.47 Å². The zero-order valence-electron chi connectivity index (χ0n) is 6.95. The monoisotopic (exact) mass is 242 g/mol. The first kappa shape index (κ1) is 8.50. The lowest BCUT2D eigenvalue weighted by Crippen LogP contribution is -2.36. The molecule has 4 nitrogen and oxygen atoms in total. The lowest BCUT2D eigenvalue weighted by molar-refractivity contribution is -0.121. The molecule has 0 bridgehead atoms. The minimum Gasteiger partial charge on any atom is -0.479 e. The second-order valence-corrected chi connectivity index (χ2v) is 3.54. The Morgan fingerprint density at radius 2 is 2.46 bits per heavy atom. The van der Waals surface area contributed by atoms with Crippen molar-refractivity contribution in [2.45, 2.75) is 0 Å². The molecule has 5 heteroatoms. The lowest BCUT2D eigenvalue weighted by Gasteiger charge is -2.24. The summed E-state index contributed by atoms with van der Waals surface area (Å²) in [4.78, 5) is 16.8. The summed E-state index contributed by atoms with van der Waals surface area (Å²) in [5.74, 6) is 1.10. The van der Waals surface area contributed by atoms with Crippen molar-refractivity contribution in [3.05, 3.63) is 16.7 Å². The molecule has 0 atom stereocenters. The summed E-state index contributed by atoms with van der Waals surface area (Å²) < 4.78 is 6.05. The van der Waals surface area contributed by atoms with Gasteiger partial charge in [-0.2, -0.15) is 0 Å². The van der Waals surface area contributed by atoms with Gasteiger partial charge in [-0.1, -0.05) is 0 Å². The van der Waals surface area contributed by atoms with Crippen molar-refractivity contribution in [3.8, 4) is 5.75 Å². The number of nitrogens with zero attached hydrogens (tertiary/aromatic N) is 2. The van der Waals surface area contributed by atoms with Crippen LogP contribution in [-0.4, -0.2) is 24.5 Å². The zero-order chi connectivity index (χ0) is 9.42. The van der Waals surface area contributed by atoms with Gasteiger partial charge in [0.15, 0.2) is 18.2 Å². The highest BCUT2D eigenvalue weighted by molar-refractivity contribution is 9.10. The molecule has 1 amide bonds. The number of likely N-dealkylation sites (N-methyl/N-ethyl adjacent to an activating group) is 1. The van der Waals surface area contributed by atoms with E-state index in [0.717, 1.165) is 4.47 Å². The fourth-order valence-corrected chi connectivity index (χ4v) is 1.55. The van der Waals surface area contributed by atoms with Gasteiger partial charge in [0.2, 0.25) is 0 Å². The summed E-state index contributed by atoms with van der Waals surface area (Å²) in [6.07, 6.45) is 1.63. The number of hydrogen-bond donors (Lipinski definition) is 0. The van der Waals surface area contributed by atoms with Crippen LogP contribution in [0.2, 0.25) is 0 Å². The number of halogens is 1. The number of hydrogen-bond acceptors (Lipinski definition) is 3. The average Bonchev–Trinajstić information content (AvgIpc) is 2.12. The number of carbonyl (C=O) groups excluding carboxylic acids is 1. The molecule has 0 saturated carbocycles. The molecule has 1 aliphatic rings. The van der Waals surface area contributed by atoms with Crippen molar-refractivity contribution in [2.24, 2.45) is 0 Å². The molecular weight excluding hydrogens is 236 g/mol. The van der Waals surface area contributed by atoms with Gasteiger partial charge in [-0.3, -0.25) is 9.69 Å². The van der Waals surface area contributed by atoms with Gasteiger partial charge in [0, 0.05) is 13.2 Å². The number of aromatic nitrogens is 1. The zero-order valence-corrected chi connectivity index (χ0v) is 8.54. The van der Waals surface area contributed by atoms with E-state index in [0.29, 0.717) is 11.6 Å². The van der Waals surface area contributed by atoms with Crippen LogP contribution < -0.4 is 9.64 Å². The Kier molecular flexibility index (Phi) is 1.95. The number of carbonyl (C=O) groups is 1. The Labute approximate surface area is 83.6 Å². The fourth-order valence-electron chi connectivity index (χ4n) is 1.14. The van der Waals surface area contributed by atoms with Gasteiger partial charge in [-0.05, 0) is 22.0 Å². The Hall–Kier alpha value is -1.10. The van der Waals surface area contributed by atoms with Gasteiger partial charge < -0.3 is 4.74 Å². The van der Waals surface area contributed by atoms with Crippen LogP contribution in [0.5, 0.6) is 5.75 Å². The van der Waals surface area contributed by atoms with Crippen LogP contribution in [0.15, 0.2) is 16.7 Å². The van der Waals surface area contributed by atoms with E-state index in [1.54, 1.807) is 19.3 Å². The van der Waals surface area contributed by atoms with E-state index >= 15 is 0 Å². The summed E-state index contributed by atoms with van der Waals surface area (Å²) in [5.41, 5.74) is 0. The first-order valence-corrected chi connectivity index (χ1v) is 4.53. The lowest BCUT2D eigenvalue weighted by atomic mass is 10.3. The topological polar surface area (TPSA) is 42.4 Å². The normalized spacial score (nSPS) is 15.2. The molecule has 1 aliphatic heterocycles. The minimum atomic E-state index is -0.0851.